The van der Waals surface area contributed by atoms with Crippen LogP contribution in [-0.2, 0) is 0 Å². The van der Waals surface area contributed by atoms with Gasteiger partial charge in [-0.25, -0.2) is 4.98 Å². The lowest BCUT2D eigenvalue weighted by atomic mass is 10.6. The molecular formula is C5H6N4S. The molecule has 0 saturated carbocycles. The summed E-state index contributed by atoms with van der Waals surface area (Å²) in [7, 11) is 0. The minimum atomic E-state index is 0.867. The largest absolute Gasteiger partial charge is 0.367 e. The molecule has 0 fully saturated rings. The lowest BCUT2D eigenvalue weighted by Crippen LogP contribution is -2.12. The Labute approximate surface area is 62.5 Å². The Hall–Kier alpha value is -0.840. The van der Waals surface area contributed by atoms with Crippen LogP contribution in [0, 0.1) is 0 Å². The van der Waals surface area contributed by atoms with Crippen LogP contribution in [0.4, 0.5) is 5.82 Å². The third kappa shape index (κ3) is 0.923. The molecule has 5 heteroatoms. The summed E-state index contributed by atoms with van der Waals surface area (Å²) in [4.78, 5) is 4.01. The molecule has 0 spiro atoms. The van der Waals surface area contributed by atoms with Gasteiger partial charge in [0, 0.05) is 12.3 Å². The van der Waals surface area contributed by atoms with E-state index in [-0.39, 0.29) is 0 Å². The van der Waals surface area contributed by atoms with Gasteiger partial charge in [-0.3, -0.25) is 0 Å². The summed E-state index contributed by atoms with van der Waals surface area (Å²) in [6, 6.07) is 0. The van der Waals surface area contributed by atoms with Crippen molar-refractivity contribution in [3.8, 4) is 0 Å². The Kier molecular flexibility index (Phi) is 1.43. The van der Waals surface area contributed by atoms with Gasteiger partial charge in [0.2, 0.25) is 0 Å². The standard InChI is InChI=1S/C5H6N4S/c1-2-10-5-4(6-1)7-3-8-9-5/h3H,1-2H2,(H,6,7,8). The molecule has 0 aliphatic carbocycles. The lowest BCUT2D eigenvalue weighted by molar-refractivity contribution is 0.866. The highest BCUT2D eigenvalue weighted by molar-refractivity contribution is 7.99. The number of nitrogens with one attached hydrogen (secondary N) is 1. The lowest BCUT2D eigenvalue weighted by Gasteiger charge is -2.12. The normalized spacial score (nSPS) is 15.6. The number of thioether (sulfide) groups is 1. The van der Waals surface area contributed by atoms with Crippen molar-refractivity contribution >= 4 is 17.6 Å². The highest BCUT2D eigenvalue weighted by Crippen LogP contribution is 2.24. The Balaban J connectivity index is 2.41. The number of rotatable bonds is 0. The Morgan fingerprint density at radius 2 is 2.60 bits per heavy atom. The third-order valence-corrected chi connectivity index (χ3v) is 2.18. The van der Waals surface area contributed by atoms with Gasteiger partial charge in [-0.15, -0.1) is 10.2 Å². The minimum Gasteiger partial charge on any atom is -0.367 e. The fraction of sp³-hybridized carbons (Fsp3) is 0.400. The van der Waals surface area contributed by atoms with E-state index in [1.807, 2.05) is 0 Å². The van der Waals surface area contributed by atoms with Crippen molar-refractivity contribution in [2.24, 2.45) is 0 Å². The molecule has 0 atom stereocenters. The van der Waals surface area contributed by atoms with Gasteiger partial charge in [0.05, 0.1) is 0 Å². The second-order valence-electron chi connectivity index (χ2n) is 1.89. The van der Waals surface area contributed by atoms with Crippen LogP contribution in [0.1, 0.15) is 0 Å². The molecule has 0 aromatic carbocycles. The Bertz CT molecular complexity index is 214. The minimum absolute atomic E-state index is 0.867. The summed E-state index contributed by atoms with van der Waals surface area (Å²) in [5.41, 5.74) is 0. The second-order valence-corrected chi connectivity index (χ2v) is 2.97. The molecule has 4 nitrogen and oxygen atoms in total. The first-order valence-corrected chi connectivity index (χ1v) is 4.00. The Morgan fingerprint density at radius 3 is 3.50 bits per heavy atom. The van der Waals surface area contributed by atoms with Crippen molar-refractivity contribution in [3.63, 3.8) is 0 Å². The topological polar surface area (TPSA) is 50.7 Å². The van der Waals surface area contributed by atoms with E-state index in [0.717, 1.165) is 23.1 Å². The molecule has 0 unspecified atom stereocenters. The summed E-state index contributed by atoms with van der Waals surface area (Å²) < 4.78 is 0. The molecule has 0 saturated heterocycles. The number of hydrogen-bond donors (Lipinski definition) is 1. The summed E-state index contributed by atoms with van der Waals surface area (Å²) >= 11 is 1.69. The van der Waals surface area contributed by atoms with Crippen molar-refractivity contribution in [1.29, 1.82) is 0 Å². The van der Waals surface area contributed by atoms with E-state index in [9.17, 15) is 0 Å². The molecule has 1 aliphatic heterocycles. The maximum atomic E-state index is 4.01. The van der Waals surface area contributed by atoms with E-state index in [2.05, 4.69) is 20.5 Å². The van der Waals surface area contributed by atoms with Gasteiger partial charge in [-0.05, 0) is 0 Å². The van der Waals surface area contributed by atoms with E-state index in [4.69, 9.17) is 0 Å². The Morgan fingerprint density at radius 1 is 1.60 bits per heavy atom. The quantitative estimate of drug-likeness (QED) is 0.585. The van der Waals surface area contributed by atoms with Crippen molar-refractivity contribution in [2.45, 2.75) is 5.03 Å². The molecule has 10 heavy (non-hydrogen) atoms. The van der Waals surface area contributed by atoms with Crippen LogP contribution in [0.2, 0.25) is 0 Å². The van der Waals surface area contributed by atoms with Gasteiger partial charge < -0.3 is 5.32 Å². The third-order valence-electron chi connectivity index (χ3n) is 1.22. The van der Waals surface area contributed by atoms with E-state index < -0.39 is 0 Å². The summed E-state index contributed by atoms with van der Waals surface area (Å²) in [5.74, 6) is 1.92. The molecule has 52 valence electrons. The zero-order valence-electron chi connectivity index (χ0n) is 5.24. The van der Waals surface area contributed by atoms with Crippen LogP contribution >= 0.6 is 11.8 Å². The monoisotopic (exact) mass is 154 g/mol. The molecule has 0 radical (unpaired) electrons. The van der Waals surface area contributed by atoms with E-state index >= 15 is 0 Å². The molecule has 2 rings (SSSR count). The maximum Gasteiger partial charge on any atom is 0.162 e. The smallest absolute Gasteiger partial charge is 0.162 e. The van der Waals surface area contributed by atoms with Gasteiger partial charge in [-0.1, -0.05) is 11.8 Å². The number of aromatic nitrogens is 3. The molecule has 0 bridgehead atoms. The van der Waals surface area contributed by atoms with E-state index in [1.165, 1.54) is 6.33 Å². The van der Waals surface area contributed by atoms with Gasteiger partial charge in [0.15, 0.2) is 10.8 Å². The SMILES string of the molecule is c1nnc2c(n1)NCCS2. The van der Waals surface area contributed by atoms with Crippen LogP contribution in [0.15, 0.2) is 11.4 Å². The first-order chi connectivity index (χ1) is 4.97. The summed E-state index contributed by atoms with van der Waals surface area (Å²) in [6.45, 7) is 0.969. The predicted molar refractivity (Wildman–Crippen MR) is 39.0 cm³/mol. The average Bonchev–Trinajstić information content (AvgIpc) is 2.05. The van der Waals surface area contributed by atoms with Crippen LogP contribution in [-0.4, -0.2) is 27.5 Å². The highest BCUT2D eigenvalue weighted by atomic mass is 32.2. The number of nitrogens with zero attached hydrogens (tertiary/aromatic N) is 3. The number of anilines is 1. The van der Waals surface area contributed by atoms with E-state index in [0.29, 0.717) is 0 Å². The molecular weight excluding hydrogens is 148 g/mol. The fourth-order valence-electron chi connectivity index (χ4n) is 0.800. The molecule has 2 heterocycles. The highest BCUT2D eigenvalue weighted by Gasteiger charge is 2.09. The van der Waals surface area contributed by atoms with Gasteiger partial charge >= 0.3 is 0 Å². The number of fused-ring (bicyclic) bond motifs is 1. The second kappa shape index (κ2) is 2.42. The first-order valence-electron chi connectivity index (χ1n) is 3.01. The fourth-order valence-corrected chi connectivity index (χ4v) is 1.56. The van der Waals surface area contributed by atoms with Crippen molar-refractivity contribution in [1.82, 2.24) is 15.2 Å². The van der Waals surface area contributed by atoms with Crippen LogP contribution in [0.3, 0.4) is 0 Å². The zero-order chi connectivity index (χ0) is 6.81. The first kappa shape index (κ1) is 5.91. The van der Waals surface area contributed by atoms with Crippen LogP contribution in [0.5, 0.6) is 0 Å². The van der Waals surface area contributed by atoms with E-state index in [1.54, 1.807) is 11.8 Å². The van der Waals surface area contributed by atoms with Crippen molar-refractivity contribution in [2.75, 3.05) is 17.6 Å². The summed E-state index contributed by atoms with van der Waals surface area (Å²) in [5, 5.41) is 11.6. The van der Waals surface area contributed by atoms with Gasteiger partial charge in [0.1, 0.15) is 6.33 Å². The molecule has 1 aliphatic rings. The van der Waals surface area contributed by atoms with Crippen LogP contribution < -0.4 is 5.32 Å². The average molecular weight is 154 g/mol. The van der Waals surface area contributed by atoms with Crippen LogP contribution in [0.25, 0.3) is 0 Å². The van der Waals surface area contributed by atoms with Gasteiger partial charge in [-0.2, -0.15) is 0 Å². The zero-order valence-corrected chi connectivity index (χ0v) is 6.06. The van der Waals surface area contributed by atoms with Gasteiger partial charge in [0.25, 0.3) is 0 Å². The predicted octanol–water partition coefficient (Wildman–Crippen LogP) is 0.389. The molecule has 0 amide bonds. The van der Waals surface area contributed by atoms with Crippen molar-refractivity contribution in [3.05, 3.63) is 6.33 Å². The summed E-state index contributed by atoms with van der Waals surface area (Å²) in [6.07, 6.45) is 1.46. The molecule has 1 aromatic rings. The molecule has 1 aromatic heterocycles. The molecule has 1 N–H and O–H groups in total. The number of hydrogen-bond acceptors (Lipinski definition) is 5. The van der Waals surface area contributed by atoms with Crippen molar-refractivity contribution < 1.29 is 0 Å². The maximum absolute atomic E-state index is 4.01.